The van der Waals surface area contributed by atoms with Gasteiger partial charge in [-0.25, -0.2) is 9.78 Å². The van der Waals surface area contributed by atoms with Gasteiger partial charge in [0.15, 0.2) is 0 Å². The lowest BCUT2D eigenvalue weighted by Crippen LogP contribution is -2.41. The number of carbonyl (C=O) groups excluding carboxylic acids is 1. The quantitative estimate of drug-likeness (QED) is 0.354. The topological polar surface area (TPSA) is 76.5 Å². The highest BCUT2D eigenvalue weighted by atomic mass is 16.5. The van der Waals surface area contributed by atoms with Crippen LogP contribution in [-0.2, 0) is 0 Å². The molecule has 1 heterocycles. The van der Waals surface area contributed by atoms with Gasteiger partial charge in [-0.05, 0) is 49.2 Å². The van der Waals surface area contributed by atoms with E-state index >= 15 is 0 Å². The Hall–Kier alpha value is -4.13. The standard InChI is InChI=1S/C28H30N4O3/c1-4-19-31(28(34)30-23-17-11-12-18-25(23)35-3)24(5-2)26-29-22-16-10-9-15-21(22)27(33)32(26)20-13-7-6-8-14-20/h6-18,24H,4-5,19H2,1-3H3,(H,30,34). The number of aromatic nitrogens is 2. The molecule has 0 fully saturated rings. The van der Waals surface area contributed by atoms with Crippen LogP contribution in [0, 0.1) is 0 Å². The molecule has 0 spiro atoms. The number of fused-ring (bicyclic) bond motifs is 1. The fraction of sp³-hybridized carbons (Fsp3) is 0.250. The lowest BCUT2D eigenvalue weighted by Gasteiger charge is -2.32. The molecule has 0 radical (unpaired) electrons. The van der Waals surface area contributed by atoms with E-state index in [1.54, 1.807) is 34.8 Å². The Labute approximate surface area is 205 Å². The zero-order chi connectivity index (χ0) is 24.8. The van der Waals surface area contributed by atoms with Crippen LogP contribution in [0.5, 0.6) is 5.75 Å². The van der Waals surface area contributed by atoms with Crippen molar-refractivity contribution in [2.45, 2.75) is 32.7 Å². The third kappa shape index (κ3) is 4.89. The Morgan fingerprint density at radius 3 is 2.40 bits per heavy atom. The second-order valence-corrected chi connectivity index (χ2v) is 8.21. The summed E-state index contributed by atoms with van der Waals surface area (Å²) < 4.78 is 7.04. The van der Waals surface area contributed by atoms with Crippen LogP contribution in [0.3, 0.4) is 0 Å². The molecule has 0 aliphatic rings. The lowest BCUT2D eigenvalue weighted by molar-refractivity contribution is 0.181. The highest BCUT2D eigenvalue weighted by Gasteiger charge is 2.29. The number of carbonyl (C=O) groups is 1. The van der Waals surface area contributed by atoms with Gasteiger partial charge in [0.05, 0.1) is 35.4 Å². The van der Waals surface area contributed by atoms with Gasteiger partial charge in [0, 0.05) is 6.54 Å². The molecule has 2 amide bonds. The molecule has 0 saturated heterocycles. The second-order valence-electron chi connectivity index (χ2n) is 8.21. The number of nitrogens with one attached hydrogen (secondary N) is 1. The van der Waals surface area contributed by atoms with Crippen LogP contribution in [-0.4, -0.2) is 34.1 Å². The van der Waals surface area contributed by atoms with Gasteiger partial charge in [-0.1, -0.05) is 56.3 Å². The van der Waals surface area contributed by atoms with E-state index in [1.807, 2.05) is 74.5 Å². The first-order chi connectivity index (χ1) is 17.1. The van der Waals surface area contributed by atoms with E-state index in [-0.39, 0.29) is 11.6 Å². The number of benzene rings is 3. The summed E-state index contributed by atoms with van der Waals surface area (Å²) in [4.78, 5) is 33.9. The summed E-state index contributed by atoms with van der Waals surface area (Å²) in [5.74, 6) is 1.11. The van der Waals surface area contributed by atoms with E-state index in [4.69, 9.17) is 9.72 Å². The molecule has 0 saturated carbocycles. The molecule has 4 rings (SSSR count). The van der Waals surface area contributed by atoms with Crippen molar-refractivity contribution in [2.24, 2.45) is 0 Å². The largest absolute Gasteiger partial charge is 0.495 e. The maximum atomic E-state index is 13.7. The lowest BCUT2D eigenvalue weighted by atomic mass is 10.1. The molecular formula is C28H30N4O3. The molecule has 1 N–H and O–H groups in total. The maximum Gasteiger partial charge on any atom is 0.322 e. The molecule has 7 heteroatoms. The Kier molecular flexibility index (Phi) is 7.45. The molecule has 3 aromatic carbocycles. The smallest absolute Gasteiger partial charge is 0.322 e. The van der Waals surface area contributed by atoms with Crippen molar-refractivity contribution >= 4 is 22.6 Å². The molecule has 180 valence electrons. The van der Waals surface area contributed by atoms with Crippen LogP contribution in [0.2, 0.25) is 0 Å². The fourth-order valence-corrected chi connectivity index (χ4v) is 4.32. The highest BCUT2D eigenvalue weighted by Crippen LogP contribution is 2.29. The van der Waals surface area contributed by atoms with Crippen molar-refractivity contribution < 1.29 is 9.53 Å². The average molecular weight is 471 g/mol. The van der Waals surface area contributed by atoms with Crippen molar-refractivity contribution in [3.05, 3.63) is 95.0 Å². The normalized spacial score (nSPS) is 11.7. The molecule has 35 heavy (non-hydrogen) atoms. The van der Waals surface area contributed by atoms with Gasteiger partial charge in [-0.2, -0.15) is 0 Å². The van der Waals surface area contributed by atoms with Crippen LogP contribution in [0.1, 0.15) is 38.6 Å². The minimum Gasteiger partial charge on any atom is -0.495 e. The molecular weight excluding hydrogens is 440 g/mol. The highest BCUT2D eigenvalue weighted by molar-refractivity contribution is 5.91. The Balaban J connectivity index is 1.85. The van der Waals surface area contributed by atoms with Gasteiger partial charge < -0.3 is 15.0 Å². The zero-order valence-electron chi connectivity index (χ0n) is 20.3. The number of para-hydroxylation sites is 4. The number of amides is 2. The van der Waals surface area contributed by atoms with Crippen LogP contribution < -0.4 is 15.6 Å². The van der Waals surface area contributed by atoms with E-state index in [2.05, 4.69) is 5.32 Å². The summed E-state index contributed by atoms with van der Waals surface area (Å²) in [6.45, 7) is 4.52. The third-order valence-corrected chi connectivity index (χ3v) is 5.95. The maximum absolute atomic E-state index is 13.7. The van der Waals surface area contributed by atoms with E-state index in [0.29, 0.717) is 46.8 Å². The predicted octanol–water partition coefficient (Wildman–Crippen LogP) is 5.79. The van der Waals surface area contributed by atoms with E-state index in [1.165, 1.54) is 0 Å². The first kappa shape index (κ1) is 24.0. The predicted molar refractivity (Wildman–Crippen MR) is 139 cm³/mol. The number of anilines is 1. The number of ether oxygens (including phenoxy) is 1. The minimum atomic E-state index is -0.429. The molecule has 0 bridgehead atoms. The van der Waals surface area contributed by atoms with Gasteiger partial charge in [-0.3, -0.25) is 9.36 Å². The van der Waals surface area contributed by atoms with Crippen molar-refractivity contribution in [1.82, 2.24) is 14.5 Å². The van der Waals surface area contributed by atoms with Crippen molar-refractivity contribution in [3.63, 3.8) is 0 Å². The number of rotatable bonds is 8. The Morgan fingerprint density at radius 1 is 1.00 bits per heavy atom. The van der Waals surface area contributed by atoms with Crippen molar-refractivity contribution in [1.29, 1.82) is 0 Å². The summed E-state index contributed by atoms with van der Waals surface area (Å²) in [6, 6.07) is 23.4. The van der Waals surface area contributed by atoms with Gasteiger partial charge in [-0.15, -0.1) is 0 Å². The number of urea groups is 1. The molecule has 0 aliphatic heterocycles. The van der Waals surface area contributed by atoms with Crippen molar-refractivity contribution in [2.75, 3.05) is 19.0 Å². The summed E-state index contributed by atoms with van der Waals surface area (Å²) >= 11 is 0. The second kappa shape index (κ2) is 10.9. The van der Waals surface area contributed by atoms with E-state index in [9.17, 15) is 9.59 Å². The number of methoxy groups -OCH3 is 1. The first-order valence-electron chi connectivity index (χ1n) is 11.9. The average Bonchev–Trinajstić information content (AvgIpc) is 2.89. The number of nitrogens with zero attached hydrogens (tertiary/aromatic N) is 3. The molecule has 4 aromatic rings. The Bertz CT molecular complexity index is 1370. The van der Waals surface area contributed by atoms with Gasteiger partial charge in [0.2, 0.25) is 0 Å². The van der Waals surface area contributed by atoms with Crippen molar-refractivity contribution in [3.8, 4) is 11.4 Å². The zero-order valence-corrected chi connectivity index (χ0v) is 20.3. The van der Waals surface area contributed by atoms with Crippen LogP contribution in [0.25, 0.3) is 16.6 Å². The number of hydrogen-bond acceptors (Lipinski definition) is 4. The molecule has 0 aliphatic carbocycles. The third-order valence-electron chi connectivity index (χ3n) is 5.95. The van der Waals surface area contributed by atoms with Crippen LogP contribution in [0.4, 0.5) is 10.5 Å². The molecule has 1 unspecified atom stereocenters. The van der Waals surface area contributed by atoms with Gasteiger partial charge in [0.1, 0.15) is 11.6 Å². The molecule has 7 nitrogen and oxygen atoms in total. The van der Waals surface area contributed by atoms with Gasteiger partial charge >= 0.3 is 6.03 Å². The van der Waals surface area contributed by atoms with Crippen LogP contribution in [0.15, 0.2) is 83.7 Å². The summed E-state index contributed by atoms with van der Waals surface area (Å²) in [5.41, 5.74) is 1.75. The Morgan fingerprint density at radius 2 is 1.69 bits per heavy atom. The molecule has 1 atom stereocenters. The van der Waals surface area contributed by atoms with Gasteiger partial charge in [0.25, 0.3) is 5.56 Å². The summed E-state index contributed by atoms with van der Waals surface area (Å²) in [6.07, 6.45) is 1.33. The molecule has 1 aromatic heterocycles. The minimum absolute atomic E-state index is 0.156. The van der Waals surface area contributed by atoms with Crippen LogP contribution >= 0.6 is 0 Å². The number of hydrogen-bond donors (Lipinski definition) is 1. The fourth-order valence-electron chi connectivity index (χ4n) is 4.32. The van der Waals surface area contributed by atoms with E-state index < -0.39 is 6.04 Å². The SMILES string of the molecule is CCCN(C(=O)Nc1ccccc1OC)C(CC)c1nc2ccccc2c(=O)n1-c1ccccc1. The first-order valence-corrected chi connectivity index (χ1v) is 11.9. The van der Waals surface area contributed by atoms with E-state index in [0.717, 1.165) is 6.42 Å². The summed E-state index contributed by atoms with van der Waals surface area (Å²) in [5, 5.41) is 3.53. The summed E-state index contributed by atoms with van der Waals surface area (Å²) in [7, 11) is 1.57. The monoisotopic (exact) mass is 470 g/mol.